The molecule has 4 N–H and O–H groups in total. The zero-order valence-corrected chi connectivity index (χ0v) is 22.4. The summed E-state index contributed by atoms with van der Waals surface area (Å²) >= 11 is 0. The first-order valence-corrected chi connectivity index (χ1v) is 13.6. The van der Waals surface area contributed by atoms with Gasteiger partial charge in [0.2, 0.25) is 17.7 Å². The van der Waals surface area contributed by atoms with Gasteiger partial charge in [0, 0.05) is 29.4 Å². The lowest BCUT2D eigenvalue weighted by atomic mass is 9.94. The number of carbonyl (C=O) groups excluding carboxylic acids is 2. The topological polar surface area (TPSA) is 143 Å². The van der Waals surface area contributed by atoms with Crippen molar-refractivity contribution in [2.24, 2.45) is 17.6 Å². The molecular weight excluding hydrogens is 484 g/mol. The lowest BCUT2D eigenvalue weighted by molar-refractivity contribution is -0.152. The Hall–Kier alpha value is -3.46. The van der Waals surface area contributed by atoms with Crippen molar-refractivity contribution in [3.63, 3.8) is 0 Å². The smallest absolute Gasteiger partial charge is 0.358 e. The number of amides is 2. The summed E-state index contributed by atoms with van der Waals surface area (Å²) in [6, 6.07) is 5.93. The van der Waals surface area contributed by atoms with Crippen LogP contribution in [0.1, 0.15) is 92.5 Å². The van der Waals surface area contributed by atoms with E-state index in [1.165, 1.54) is 11.8 Å². The number of imide groups is 1. The van der Waals surface area contributed by atoms with Crippen molar-refractivity contribution < 1.29 is 23.9 Å². The molecule has 2 aromatic heterocycles. The molecule has 2 amide bonds. The first kappa shape index (κ1) is 27.6. The molecule has 0 saturated heterocycles. The highest BCUT2D eigenvalue weighted by molar-refractivity contribution is 5.99. The highest BCUT2D eigenvalue weighted by atomic mass is 16.4. The number of carboxylic acids is 1. The number of nitrogens with two attached hydrogens (primary N) is 1. The lowest BCUT2D eigenvalue weighted by Gasteiger charge is -2.33. The Kier molecular flexibility index (Phi) is 8.66. The Morgan fingerprint density at radius 2 is 1.84 bits per heavy atom. The lowest BCUT2D eigenvalue weighted by Crippen LogP contribution is -2.51. The van der Waals surface area contributed by atoms with Gasteiger partial charge in [-0.15, -0.1) is 0 Å². The molecule has 0 spiro atoms. The van der Waals surface area contributed by atoms with Crippen LogP contribution in [-0.4, -0.2) is 43.8 Å². The number of aromatic nitrogens is 2. The van der Waals surface area contributed by atoms with Gasteiger partial charge in [-0.2, -0.15) is 0 Å². The van der Waals surface area contributed by atoms with Crippen molar-refractivity contribution in [2.75, 3.05) is 0 Å². The molecule has 9 nitrogen and oxygen atoms in total. The molecule has 2 atom stereocenters. The number of oxazole rings is 1. The quantitative estimate of drug-likeness (QED) is 0.330. The molecular formula is C29H38N4O5. The van der Waals surface area contributed by atoms with E-state index in [4.69, 9.17) is 10.2 Å². The molecule has 1 aliphatic carbocycles. The number of aryl methyl sites for hydroxylation is 1. The van der Waals surface area contributed by atoms with E-state index < -0.39 is 24.0 Å². The second-order valence-electron chi connectivity index (χ2n) is 10.8. The Morgan fingerprint density at radius 1 is 1.16 bits per heavy atom. The van der Waals surface area contributed by atoms with Gasteiger partial charge in [-0.25, -0.2) is 9.78 Å². The minimum absolute atomic E-state index is 0.0252. The van der Waals surface area contributed by atoms with Crippen LogP contribution in [0.25, 0.3) is 10.9 Å². The van der Waals surface area contributed by atoms with E-state index in [-0.39, 0.29) is 41.5 Å². The SMILES string of the molecule is Cc1oc([C@@H](Cc2c[nH]c3ccccc23)N(C(=O)C2CCCCCC2)C(=O)[C@@H](N)CC(C)C)nc1C(=O)O. The molecule has 0 bridgehead atoms. The third kappa shape index (κ3) is 5.99. The number of nitrogens with zero attached hydrogens (tertiary/aromatic N) is 2. The maximum absolute atomic E-state index is 14.2. The third-order valence-electron chi connectivity index (χ3n) is 7.42. The van der Waals surface area contributed by atoms with Crippen LogP contribution in [0.2, 0.25) is 0 Å². The Morgan fingerprint density at radius 3 is 2.47 bits per heavy atom. The van der Waals surface area contributed by atoms with Gasteiger partial charge in [0.25, 0.3) is 0 Å². The number of fused-ring (bicyclic) bond motifs is 1. The van der Waals surface area contributed by atoms with E-state index in [0.717, 1.165) is 42.1 Å². The molecule has 38 heavy (non-hydrogen) atoms. The zero-order valence-electron chi connectivity index (χ0n) is 22.4. The number of carbonyl (C=O) groups is 3. The summed E-state index contributed by atoms with van der Waals surface area (Å²) in [6.45, 7) is 5.47. The summed E-state index contributed by atoms with van der Waals surface area (Å²) in [7, 11) is 0. The summed E-state index contributed by atoms with van der Waals surface area (Å²) < 4.78 is 5.86. The fourth-order valence-corrected chi connectivity index (χ4v) is 5.48. The summed E-state index contributed by atoms with van der Waals surface area (Å²) in [5.74, 6) is -2.01. The number of carboxylic acid groups (broad SMARTS) is 1. The van der Waals surface area contributed by atoms with Crippen LogP contribution in [-0.2, 0) is 16.0 Å². The molecule has 9 heteroatoms. The van der Waals surface area contributed by atoms with Crippen LogP contribution >= 0.6 is 0 Å². The van der Waals surface area contributed by atoms with Gasteiger partial charge < -0.3 is 20.2 Å². The van der Waals surface area contributed by atoms with Gasteiger partial charge in [0.15, 0.2) is 5.69 Å². The van der Waals surface area contributed by atoms with E-state index in [0.29, 0.717) is 19.3 Å². The van der Waals surface area contributed by atoms with Crippen LogP contribution in [0.15, 0.2) is 34.9 Å². The molecule has 0 radical (unpaired) electrons. The van der Waals surface area contributed by atoms with Crippen molar-refractivity contribution in [2.45, 2.75) is 84.2 Å². The van der Waals surface area contributed by atoms with E-state index in [1.54, 1.807) is 0 Å². The zero-order chi connectivity index (χ0) is 27.4. The Bertz CT molecular complexity index is 1290. The number of para-hydroxylation sites is 1. The maximum Gasteiger partial charge on any atom is 0.358 e. The minimum Gasteiger partial charge on any atom is -0.476 e. The largest absolute Gasteiger partial charge is 0.476 e. The van der Waals surface area contributed by atoms with Gasteiger partial charge in [-0.1, -0.05) is 57.7 Å². The van der Waals surface area contributed by atoms with Gasteiger partial charge in [0.1, 0.15) is 11.8 Å². The molecule has 1 fully saturated rings. The maximum atomic E-state index is 14.2. The molecule has 204 valence electrons. The standard InChI is InChI=1S/C29H38N4O5/c1-17(2)14-22(30)28(35)33(27(34)19-10-6-4-5-7-11-19)24(26-32-25(29(36)37)18(3)38-26)15-20-16-31-23-13-9-8-12-21(20)23/h8-9,12-13,16-17,19,22,24,31H,4-7,10-11,14-15,30H2,1-3H3,(H,36,37)/t22-,24+/m0/s1. The predicted octanol–water partition coefficient (Wildman–Crippen LogP) is 5.15. The number of H-pyrrole nitrogens is 1. The van der Waals surface area contributed by atoms with E-state index in [2.05, 4.69) is 9.97 Å². The number of aromatic amines is 1. The molecule has 1 aromatic carbocycles. The number of hydrogen-bond donors (Lipinski definition) is 3. The first-order chi connectivity index (χ1) is 18.2. The van der Waals surface area contributed by atoms with Crippen LogP contribution in [0.4, 0.5) is 0 Å². The van der Waals surface area contributed by atoms with Crippen LogP contribution in [0, 0.1) is 18.8 Å². The second kappa shape index (κ2) is 11.9. The number of benzene rings is 1. The number of nitrogens with one attached hydrogen (secondary N) is 1. The number of hydrogen-bond acceptors (Lipinski definition) is 6. The molecule has 2 heterocycles. The molecule has 1 saturated carbocycles. The fourth-order valence-electron chi connectivity index (χ4n) is 5.48. The summed E-state index contributed by atoms with van der Waals surface area (Å²) in [5, 5.41) is 10.6. The third-order valence-corrected chi connectivity index (χ3v) is 7.42. The van der Waals surface area contributed by atoms with Gasteiger partial charge >= 0.3 is 5.97 Å². The summed E-state index contributed by atoms with van der Waals surface area (Å²) in [4.78, 5) is 48.7. The van der Waals surface area contributed by atoms with E-state index in [1.807, 2.05) is 44.3 Å². The predicted molar refractivity (Wildman–Crippen MR) is 143 cm³/mol. The average molecular weight is 523 g/mol. The van der Waals surface area contributed by atoms with Crippen LogP contribution in [0.5, 0.6) is 0 Å². The van der Waals surface area contributed by atoms with Crippen molar-refractivity contribution in [3.8, 4) is 0 Å². The van der Waals surface area contributed by atoms with Crippen LogP contribution < -0.4 is 5.73 Å². The molecule has 3 aromatic rings. The fraction of sp³-hybridized carbons (Fsp3) is 0.517. The summed E-state index contributed by atoms with van der Waals surface area (Å²) in [6.07, 6.45) is 7.84. The van der Waals surface area contributed by atoms with Gasteiger partial charge in [-0.3, -0.25) is 14.5 Å². The summed E-state index contributed by atoms with van der Waals surface area (Å²) in [5.41, 5.74) is 7.93. The van der Waals surface area contributed by atoms with Gasteiger partial charge in [0.05, 0.1) is 6.04 Å². The Balaban J connectivity index is 1.83. The number of rotatable bonds is 9. The van der Waals surface area contributed by atoms with Crippen molar-refractivity contribution in [3.05, 3.63) is 53.4 Å². The monoisotopic (exact) mass is 522 g/mol. The first-order valence-electron chi connectivity index (χ1n) is 13.6. The van der Waals surface area contributed by atoms with Crippen molar-refractivity contribution in [1.82, 2.24) is 14.9 Å². The van der Waals surface area contributed by atoms with E-state index >= 15 is 0 Å². The van der Waals surface area contributed by atoms with Gasteiger partial charge in [-0.05, 0) is 43.7 Å². The number of aromatic carboxylic acids is 1. The second-order valence-corrected chi connectivity index (χ2v) is 10.8. The average Bonchev–Trinajstić information content (AvgIpc) is 3.35. The van der Waals surface area contributed by atoms with Crippen molar-refractivity contribution in [1.29, 1.82) is 0 Å². The highest BCUT2D eigenvalue weighted by Gasteiger charge is 2.40. The Labute approximate surface area is 222 Å². The molecule has 0 unspecified atom stereocenters. The molecule has 0 aliphatic heterocycles. The van der Waals surface area contributed by atoms with Crippen molar-refractivity contribution >= 4 is 28.7 Å². The molecule has 4 rings (SSSR count). The minimum atomic E-state index is -1.23. The van der Waals surface area contributed by atoms with Crippen LogP contribution in [0.3, 0.4) is 0 Å². The van der Waals surface area contributed by atoms with E-state index in [9.17, 15) is 19.5 Å². The normalized spacial score (nSPS) is 16.3. The highest BCUT2D eigenvalue weighted by Crippen LogP contribution is 2.34. The molecule has 1 aliphatic rings.